The molecule has 106 valence electrons. The summed E-state index contributed by atoms with van der Waals surface area (Å²) in [6, 6.07) is 11.5. The van der Waals surface area contributed by atoms with Crippen LogP contribution in [0.3, 0.4) is 0 Å². The molecule has 1 saturated carbocycles. The molecule has 0 amide bonds. The van der Waals surface area contributed by atoms with Gasteiger partial charge in [-0.3, -0.25) is 4.90 Å². The molecule has 3 unspecified atom stereocenters. The van der Waals surface area contributed by atoms with Crippen molar-refractivity contribution in [2.24, 2.45) is 17.6 Å². The van der Waals surface area contributed by atoms with Crippen LogP contribution in [0, 0.1) is 11.8 Å². The lowest BCUT2D eigenvalue weighted by atomic mass is 9.79. The molecule has 0 saturated heterocycles. The molecule has 2 heteroatoms. The maximum absolute atomic E-state index is 5.83. The first kappa shape index (κ1) is 14.5. The third kappa shape index (κ3) is 4.05. The van der Waals surface area contributed by atoms with E-state index in [9.17, 15) is 0 Å². The molecular weight excluding hydrogens is 232 g/mol. The molecule has 1 aliphatic carbocycles. The van der Waals surface area contributed by atoms with Gasteiger partial charge in [-0.1, -0.05) is 50.6 Å². The van der Waals surface area contributed by atoms with E-state index < -0.39 is 0 Å². The lowest BCUT2D eigenvalue weighted by molar-refractivity contribution is 0.0866. The summed E-state index contributed by atoms with van der Waals surface area (Å²) in [5.74, 6) is 1.66. The van der Waals surface area contributed by atoms with E-state index in [0.29, 0.717) is 6.04 Å². The molecule has 0 heterocycles. The molecule has 1 aromatic carbocycles. The molecule has 3 atom stereocenters. The lowest BCUT2D eigenvalue weighted by Gasteiger charge is -2.41. The Bertz CT molecular complexity index is 363. The van der Waals surface area contributed by atoms with Crippen molar-refractivity contribution in [2.75, 3.05) is 13.1 Å². The second-order valence-electron chi connectivity index (χ2n) is 6.21. The van der Waals surface area contributed by atoms with Crippen LogP contribution in [0.1, 0.15) is 38.7 Å². The zero-order valence-electron chi connectivity index (χ0n) is 12.4. The summed E-state index contributed by atoms with van der Waals surface area (Å²) in [5.41, 5.74) is 7.23. The highest BCUT2D eigenvalue weighted by molar-refractivity contribution is 5.14. The Morgan fingerprint density at radius 3 is 2.58 bits per heavy atom. The van der Waals surface area contributed by atoms with Crippen molar-refractivity contribution < 1.29 is 0 Å². The van der Waals surface area contributed by atoms with Crippen molar-refractivity contribution in [1.29, 1.82) is 0 Å². The summed E-state index contributed by atoms with van der Waals surface area (Å²) in [6.45, 7) is 7.61. The Kier molecular flexibility index (Phi) is 5.41. The van der Waals surface area contributed by atoms with E-state index in [-0.39, 0.29) is 0 Å². The maximum atomic E-state index is 5.83. The van der Waals surface area contributed by atoms with Crippen molar-refractivity contribution in [3.63, 3.8) is 0 Å². The van der Waals surface area contributed by atoms with Crippen LogP contribution in [0.15, 0.2) is 30.3 Å². The van der Waals surface area contributed by atoms with Gasteiger partial charge in [-0.25, -0.2) is 0 Å². The molecule has 0 bridgehead atoms. The van der Waals surface area contributed by atoms with E-state index in [4.69, 9.17) is 5.73 Å². The van der Waals surface area contributed by atoms with Gasteiger partial charge in [-0.2, -0.15) is 0 Å². The van der Waals surface area contributed by atoms with Crippen LogP contribution in [0.5, 0.6) is 0 Å². The molecule has 1 aromatic rings. The highest BCUT2D eigenvalue weighted by Crippen LogP contribution is 2.32. The molecule has 0 aromatic heterocycles. The minimum Gasteiger partial charge on any atom is -0.329 e. The van der Waals surface area contributed by atoms with Gasteiger partial charge in [-0.15, -0.1) is 0 Å². The molecule has 0 radical (unpaired) electrons. The average Bonchev–Trinajstić information content (AvgIpc) is 2.42. The van der Waals surface area contributed by atoms with Crippen molar-refractivity contribution >= 4 is 0 Å². The van der Waals surface area contributed by atoms with Crippen molar-refractivity contribution in [2.45, 2.75) is 45.7 Å². The van der Waals surface area contributed by atoms with Gasteiger partial charge in [0.25, 0.3) is 0 Å². The van der Waals surface area contributed by atoms with E-state index in [1.807, 2.05) is 0 Å². The number of nitrogens with two attached hydrogens (primary N) is 1. The van der Waals surface area contributed by atoms with E-state index in [2.05, 4.69) is 49.1 Å². The lowest BCUT2D eigenvalue weighted by Crippen LogP contribution is -2.44. The first-order valence-corrected chi connectivity index (χ1v) is 7.68. The second-order valence-corrected chi connectivity index (χ2v) is 6.21. The van der Waals surface area contributed by atoms with Crippen molar-refractivity contribution in [3.05, 3.63) is 35.9 Å². The molecule has 2 nitrogen and oxygen atoms in total. The Morgan fingerprint density at radius 2 is 1.89 bits per heavy atom. The summed E-state index contributed by atoms with van der Waals surface area (Å²) in [6.07, 6.45) is 4.08. The first-order valence-electron chi connectivity index (χ1n) is 7.68. The molecule has 1 fully saturated rings. The van der Waals surface area contributed by atoms with Gasteiger partial charge in [0, 0.05) is 25.7 Å². The molecule has 2 N–H and O–H groups in total. The quantitative estimate of drug-likeness (QED) is 0.880. The summed E-state index contributed by atoms with van der Waals surface area (Å²) in [4.78, 5) is 2.61. The largest absolute Gasteiger partial charge is 0.329 e. The van der Waals surface area contributed by atoms with Crippen LogP contribution in [-0.2, 0) is 6.54 Å². The highest BCUT2D eigenvalue weighted by atomic mass is 15.2. The summed E-state index contributed by atoms with van der Waals surface area (Å²) in [7, 11) is 0. The maximum Gasteiger partial charge on any atom is 0.0237 e. The standard InChI is InChI=1S/C17H28N2/c1-14-8-9-15(2)17(12-14)19(11-10-18)13-16-6-4-3-5-7-16/h3-7,14-15,17H,8-13,18H2,1-2H3. The number of hydrogen-bond acceptors (Lipinski definition) is 2. The van der Waals surface area contributed by atoms with Gasteiger partial charge in [0.05, 0.1) is 0 Å². The summed E-state index contributed by atoms with van der Waals surface area (Å²) >= 11 is 0. The second kappa shape index (κ2) is 7.06. The molecule has 0 aliphatic heterocycles. The molecule has 19 heavy (non-hydrogen) atoms. The zero-order valence-corrected chi connectivity index (χ0v) is 12.4. The third-order valence-corrected chi connectivity index (χ3v) is 4.53. The predicted octanol–water partition coefficient (Wildman–Crippen LogP) is 3.27. The fourth-order valence-electron chi connectivity index (χ4n) is 3.36. The van der Waals surface area contributed by atoms with E-state index in [1.165, 1.54) is 24.8 Å². The minimum atomic E-state index is 0.701. The minimum absolute atomic E-state index is 0.701. The van der Waals surface area contributed by atoms with Crippen LogP contribution < -0.4 is 5.73 Å². The highest BCUT2D eigenvalue weighted by Gasteiger charge is 2.29. The summed E-state index contributed by atoms with van der Waals surface area (Å²) < 4.78 is 0. The smallest absolute Gasteiger partial charge is 0.0237 e. The monoisotopic (exact) mass is 260 g/mol. The number of rotatable bonds is 5. The zero-order chi connectivity index (χ0) is 13.7. The van der Waals surface area contributed by atoms with Crippen LogP contribution in [0.25, 0.3) is 0 Å². The normalized spacial score (nSPS) is 27.7. The van der Waals surface area contributed by atoms with Crippen molar-refractivity contribution in [3.8, 4) is 0 Å². The number of hydrogen-bond donors (Lipinski definition) is 1. The van der Waals surface area contributed by atoms with Crippen LogP contribution in [-0.4, -0.2) is 24.0 Å². The van der Waals surface area contributed by atoms with E-state index >= 15 is 0 Å². The van der Waals surface area contributed by atoms with Crippen LogP contribution in [0.2, 0.25) is 0 Å². The van der Waals surface area contributed by atoms with Gasteiger partial charge >= 0.3 is 0 Å². The van der Waals surface area contributed by atoms with Crippen LogP contribution >= 0.6 is 0 Å². The fraction of sp³-hybridized carbons (Fsp3) is 0.647. The van der Waals surface area contributed by atoms with E-state index in [0.717, 1.165) is 31.5 Å². The van der Waals surface area contributed by atoms with Crippen molar-refractivity contribution in [1.82, 2.24) is 4.90 Å². The summed E-state index contributed by atoms with van der Waals surface area (Å²) in [5, 5.41) is 0. The molecular formula is C17H28N2. The fourth-order valence-corrected chi connectivity index (χ4v) is 3.36. The Morgan fingerprint density at radius 1 is 1.16 bits per heavy atom. The Hall–Kier alpha value is -0.860. The molecule has 1 aliphatic rings. The third-order valence-electron chi connectivity index (χ3n) is 4.53. The SMILES string of the molecule is CC1CCC(C)C(N(CCN)Cc2ccccc2)C1. The first-order chi connectivity index (χ1) is 9.20. The Labute approximate surface area is 118 Å². The van der Waals surface area contributed by atoms with E-state index in [1.54, 1.807) is 0 Å². The molecule has 2 rings (SSSR count). The van der Waals surface area contributed by atoms with Gasteiger partial charge in [-0.05, 0) is 30.2 Å². The number of benzene rings is 1. The predicted molar refractivity (Wildman–Crippen MR) is 81.9 cm³/mol. The Balaban J connectivity index is 2.06. The van der Waals surface area contributed by atoms with Gasteiger partial charge in [0.2, 0.25) is 0 Å². The molecule has 0 spiro atoms. The topological polar surface area (TPSA) is 29.3 Å². The average molecular weight is 260 g/mol. The van der Waals surface area contributed by atoms with Crippen LogP contribution in [0.4, 0.5) is 0 Å². The number of nitrogens with zero attached hydrogens (tertiary/aromatic N) is 1. The van der Waals surface area contributed by atoms with Gasteiger partial charge < -0.3 is 5.73 Å². The van der Waals surface area contributed by atoms with Gasteiger partial charge in [0.1, 0.15) is 0 Å². The van der Waals surface area contributed by atoms with Gasteiger partial charge in [0.15, 0.2) is 0 Å².